The fourth-order valence-corrected chi connectivity index (χ4v) is 5.70. The normalized spacial score (nSPS) is 11.9. The second kappa shape index (κ2) is 16.2. The Bertz CT molecular complexity index is 1790. The average Bonchev–Trinajstić information content (AvgIpc) is 3.50. The van der Waals surface area contributed by atoms with Gasteiger partial charge < -0.3 is 14.1 Å². The van der Waals surface area contributed by atoms with Crippen molar-refractivity contribution in [1.82, 2.24) is 4.98 Å². The molecule has 0 spiro atoms. The number of rotatable bonds is 9. The van der Waals surface area contributed by atoms with E-state index in [-0.39, 0.29) is 48.9 Å². The molecule has 5 nitrogen and oxygen atoms in total. The Morgan fingerprint density at radius 2 is 1.65 bits per heavy atom. The summed E-state index contributed by atoms with van der Waals surface area (Å²) in [6.07, 6.45) is 8.55. The molecule has 46 heavy (non-hydrogen) atoms. The van der Waals surface area contributed by atoms with Crippen molar-refractivity contribution in [3.63, 3.8) is 0 Å². The maximum Gasteiger partial charge on any atom is 0.162 e. The van der Waals surface area contributed by atoms with Crippen LogP contribution in [0.2, 0.25) is 0 Å². The third-order valence-corrected chi connectivity index (χ3v) is 8.58. The second-order valence-electron chi connectivity index (χ2n) is 12.7. The number of carbonyl (C=O) groups is 1. The third kappa shape index (κ3) is 8.54. The largest absolute Gasteiger partial charge is 0.512 e. The number of aromatic nitrogens is 2. The van der Waals surface area contributed by atoms with Crippen molar-refractivity contribution < 1.29 is 39.0 Å². The van der Waals surface area contributed by atoms with Gasteiger partial charge >= 0.3 is 0 Å². The van der Waals surface area contributed by atoms with Gasteiger partial charge in [-0.1, -0.05) is 77.6 Å². The number of furan rings is 1. The minimum absolute atomic E-state index is 0. The first-order valence-electron chi connectivity index (χ1n) is 16.1. The number of aliphatic hydroxyl groups is 1. The zero-order chi connectivity index (χ0) is 32.7. The Balaban J connectivity index is 0.000000309. The number of benzene rings is 2. The molecule has 0 aliphatic rings. The summed E-state index contributed by atoms with van der Waals surface area (Å²) in [4.78, 5) is 16.5. The zero-order valence-corrected chi connectivity index (χ0v) is 30.6. The first kappa shape index (κ1) is 36.7. The van der Waals surface area contributed by atoms with E-state index in [1.165, 1.54) is 17.0 Å². The Morgan fingerprint density at radius 3 is 2.30 bits per heavy atom. The molecule has 0 fully saturated rings. The molecule has 1 radical (unpaired) electrons. The van der Waals surface area contributed by atoms with Crippen LogP contribution in [0.25, 0.3) is 44.4 Å². The monoisotopic (exact) mass is 796 g/mol. The van der Waals surface area contributed by atoms with Crippen LogP contribution in [0.5, 0.6) is 0 Å². The maximum atomic E-state index is 11.7. The molecule has 0 saturated heterocycles. The van der Waals surface area contributed by atoms with Crippen LogP contribution in [0.1, 0.15) is 79.7 Å². The minimum atomic E-state index is 0. The molecule has 0 aliphatic heterocycles. The quantitative estimate of drug-likeness (QED) is 0.0699. The standard InChI is InChI=1S/C27H23N2O.C13H24O2.Ir/c1-27(2,3)22-16-20(15-18-7-5-6-8-21(18)22)25-17-19(11-13-29(25)4)23-9-10-26-24(28-23)12-14-30-26;1-5-10(6-2)12(14)9-13(15)11(7-3)8-4;/h5-14,16-17H,4H2,1-3H3;9-11,14H,5-8H2,1-4H3;/q-1;;/b;12-9-;. The second-order valence-corrected chi connectivity index (χ2v) is 12.7. The van der Waals surface area contributed by atoms with E-state index in [1.54, 1.807) is 6.26 Å². The van der Waals surface area contributed by atoms with Crippen LogP contribution in [0.15, 0.2) is 89.4 Å². The van der Waals surface area contributed by atoms with Crippen molar-refractivity contribution in [1.29, 1.82) is 0 Å². The van der Waals surface area contributed by atoms with Crippen LogP contribution in [0.3, 0.4) is 0 Å². The predicted molar refractivity (Wildman–Crippen MR) is 185 cm³/mol. The Kier molecular flexibility index (Phi) is 12.9. The fraction of sp³-hybridized carbons (Fsp3) is 0.350. The summed E-state index contributed by atoms with van der Waals surface area (Å²) in [5, 5.41) is 12.1. The summed E-state index contributed by atoms with van der Waals surface area (Å²) in [6, 6.07) is 24.3. The van der Waals surface area contributed by atoms with Crippen LogP contribution in [0, 0.1) is 24.9 Å². The predicted octanol–water partition coefficient (Wildman–Crippen LogP) is 10.2. The van der Waals surface area contributed by atoms with E-state index in [4.69, 9.17) is 9.40 Å². The molecular weight excluding hydrogens is 749 g/mol. The van der Waals surface area contributed by atoms with Crippen LogP contribution >= 0.6 is 0 Å². The summed E-state index contributed by atoms with van der Waals surface area (Å²) in [5.41, 5.74) is 6.93. The molecule has 6 heteroatoms. The number of pyridine rings is 2. The first-order valence-corrected chi connectivity index (χ1v) is 16.1. The van der Waals surface area contributed by atoms with Crippen molar-refractivity contribution in [2.75, 3.05) is 0 Å². The number of carbonyl (C=O) groups excluding carboxylic acids is 1. The van der Waals surface area contributed by atoms with Gasteiger partial charge in [-0.2, -0.15) is 0 Å². The van der Waals surface area contributed by atoms with Gasteiger partial charge in [-0.25, -0.2) is 4.98 Å². The summed E-state index contributed by atoms with van der Waals surface area (Å²) >= 11 is 0. The maximum absolute atomic E-state index is 11.7. The molecule has 245 valence electrons. The number of ketones is 1. The summed E-state index contributed by atoms with van der Waals surface area (Å²) in [7, 11) is 4.21. The molecule has 0 amide bonds. The molecule has 5 rings (SSSR count). The minimum Gasteiger partial charge on any atom is -0.512 e. The number of allylic oxidation sites excluding steroid dienone is 2. The molecule has 0 saturated carbocycles. The topological polar surface area (TPSA) is 67.2 Å². The Morgan fingerprint density at radius 1 is 0.978 bits per heavy atom. The van der Waals surface area contributed by atoms with Crippen molar-refractivity contribution in [3.8, 4) is 22.5 Å². The van der Waals surface area contributed by atoms with Gasteiger partial charge in [-0.05, 0) is 60.9 Å². The average molecular weight is 796 g/mol. The third-order valence-electron chi connectivity index (χ3n) is 8.58. The van der Waals surface area contributed by atoms with E-state index >= 15 is 0 Å². The molecule has 0 unspecified atom stereocenters. The van der Waals surface area contributed by atoms with E-state index in [1.807, 2.05) is 62.7 Å². The van der Waals surface area contributed by atoms with Crippen LogP contribution in [-0.2, 0) is 30.3 Å². The SMILES string of the molecule is CCC(CC)C(=O)/C=C(\O)C(CC)CC.[CH2-][n+]1ccc(-c2ccc3occc3n2)cc1-c1[c-]c2ccccc2c(C(C)(C)C)c1.[Ir]. The van der Waals surface area contributed by atoms with Crippen LogP contribution in [-0.4, -0.2) is 15.9 Å². The van der Waals surface area contributed by atoms with E-state index in [0.717, 1.165) is 64.7 Å². The van der Waals surface area contributed by atoms with Crippen molar-refractivity contribution in [2.45, 2.75) is 79.6 Å². The molecule has 5 aromatic rings. The molecule has 0 atom stereocenters. The number of aliphatic hydroxyl groups excluding tert-OH is 1. The van der Waals surface area contributed by atoms with Crippen molar-refractivity contribution >= 4 is 27.7 Å². The number of hydrogen-bond acceptors (Lipinski definition) is 4. The summed E-state index contributed by atoms with van der Waals surface area (Å²) in [6.45, 7) is 14.8. The number of fused-ring (bicyclic) bond motifs is 2. The molecule has 2 aromatic carbocycles. The van der Waals surface area contributed by atoms with Gasteiger partial charge in [0.2, 0.25) is 0 Å². The smallest absolute Gasteiger partial charge is 0.162 e. The van der Waals surface area contributed by atoms with Crippen LogP contribution < -0.4 is 4.57 Å². The number of nitrogens with zero attached hydrogens (tertiary/aromatic N) is 2. The molecule has 0 bridgehead atoms. The van der Waals surface area contributed by atoms with Gasteiger partial charge in [-0.15, -0.1) is 29.1 Å². The fourth-order valence-electron chi connectivity index (χ4n) is 5.70. The van der Waals surface area contributed by atoms with Crippen LogP contribution in [0.4, 0.5) is 0 Å². The van der Waals surface area contributed by atoms with Gasteiger partial charge in [-0.3, -0.25) is 4.79 Å². The summed E-state index contributed by atoms with van der Waals surface area (Å²) < 4.78 is 7.32. The Labute approximate surface area is 288 Å². The van der Waals surface area contributed by atoms with Crippen molar-refractivity contribution in [2.24, 2.45) is 11.8 Å². The molecule has 3 heterocycles. The van der Waals surface area contributed by atoms with E-state index < -0.39 is 0 Å². The number of hydrogen-bond donors (Lipinski definition) is 1. The van der Waals surface area contributed by atoms with Gasteiger partial charge in [0, 0.05) is 51.1 Å². The molecule has 0 aliphatic carbocycles. The summed E-state index contributed by atoms with van der Waals surface area (Å²) in [5.74, 6) is 0.547. The molecule has 1 N–H and O–H groups in total. The van der Waals surface area contributed by atoms with E-state index in [9.17, 15) is 9.90 Å². The van der Waals surface area contributed by atoms with Crippen molar-refractivity contribution in [3.05, 3.63) is 104 Å². The molecular formula is C40H47IrN2O3-. The van der Waals surface area contributed by atoms with Gasteiger partial charge in [0.25, 0.3) is 0 Å². The van der Waals surface area contributed by atoms with E-state index in [0.29, 0.717) is 0 Å². The first-order chi connectivity index (χ1) is 21.5. The van der Waals surface area contributed by atoms with Gasteiger partial charge in [0.1, 0.15) is 11.2 Å². The van der Waals surface area contributed by atoms with Gasteiger partial charge in [0.15, 0.2) is 11.4 Å². The Hall–Kier alpha value is -3.73. The van der Waals surface area contributed by atoms with E-state index in [2.05, 4.69) is 70.3 Å². The van der Waals surface area contributed by atoms with Gasteiger partial charge in [0.05, 0.1) is 23.9 Å². The molecule has 3 aromatic heterocycles. The zero-order valence-electron chi connectivity index (χ0n) is 28.2.